The number of rotatable bonds is 7. The summed E-state index contributed by atoms with van der Waals surface area (Å²) >= 11 is 7.24. The van der Waals surface area contributed by atoms with E-state index in [-0.39, 0.29) is 5.13 Å². The Labute approximate surface area is 189 Å². The fourth-order valence-corrected chi connectivity index (χ4v) is 5.08. The highest BCUT2D eigenvalue weighted by atomic mass is 35.5. The molecule has 8 nitrogen and oxygen atoms in total. The molecule has 0 bridgehead atoms. The van der Waals surface area contributed by atoms with E-state index in [4.69, 9.17) is 16.3 Å². The van der Waals surface area contributed by atoms with E-state index in [1.54, 1.807) is 38.3 Å². The lowest BCUT2D eigenvalue weighted by atomic mass is 10.2. The van der Waals surface area contributed by atoms with E-state index in [1.807, 2.05) is 12.1 Å². The van der Waals surface area contributed by atoms with Crippen molar-refractivity contribution in [2.45, 2.75) is 19.9 Å². The number of anilines is 2. The van der Waals surface area contributed by atoms with E-state index in [0.29, 0.717) is 27.0 Å². The lowest BCUT2D eigenvalue weighted by Crippen LogP contribution is -2.45. The first kappa shape index (κ1) is 23.0. The number of ether oxygens (including phenoxy) is 1. The number of nitrogens with zero attached hydrogens (tertiary/aromatic N) is 3. The molecule has 0 spiro atoms. The zero-order chi connectivity index (χ0) is 22.8. The van der Waals surface area contributed by atoms with Gasteiger partial charge in [0.2, 0.25) is 21.1 Å². The van der Waals surface area contributed by atoms with Crippen LogP contribution in [0.5, 0.6) is 5.75 Å². The second-order valence-electron chi connectivity index (χ2n) is 6.80. The Morgan fingerprint density at radius 2 is 1.87 bits per heavy atom. The molecule has 164 valence electrons. The zero-order valence-corrected chi connectivity index (χ0v) is 19.7. The van der Waals surface area contributed by atoms with E-state index in [2.05, 4.69) is 15.5 Å². The summed E-state index contributed by atoms with van der Waals surface area (Å²) in [7, 11) is -2.19. The number of sulfonamides is 1. The van der Waals surface area contributed by atoms with Crippen LogP contribution in [-0.2, 0) is 14.8 Å². The largest absolute Gasteiger partial charge is 0.497 e. The van der Waals surface area contributed by atoms with E-state index < -0.39 is 22.0 Å². The molecule has 0 radical (unpaired) electrons. The van der Waals surface area contributed by atoms with Gasteiger partial charge in [-0.1, -0.05) is 29.0 Å². The van der Waals surface area contributed by atoms with Gasteiger partial charge in [0, 0.05) is 10.6 Å². The van der Waals surface area contributed by atoms with Crippen molar-refractivity contribution in [2.24, 2.45) is 0 Å². The summed E-state index contributed by atoms with van der Waals surface area (Å²) in [4.78, 5) is 12.9. The van der Waals surface area contributed by atoms with Gasteiger partial charge in [0.15, 0.2) is 0 Å². The highest BCUT2D eigenvalue weighted by Gasteiger charge is 2.31. The summed E-state index contributed by atoms with van der Waals surface area (Å²) in [5.41, 5.74) is 1.83. The van der Waals surface area contributed by atoms with Crippen LogP contribution in [0.2, 0.25) is 5.02 Å². The molecule has 1 aromatic heterocycles. The molecule has 2 aromatic carbocycles. The quantitative estimate of drug-likeness (QED) is 0.549. The number of methoxy groups -OCH3 is 1. The molecule has 3 aromatic rings. The molecule has 0 aliphatic rings. The van der Waals surface area contributed by atoms with E-state index >= 15 is 0 Å². The molecular weight excluding hydrogens is 460 g/mol. The van der Waals surface area contributed by atoms with Gasteiger partial charge in [0.1, 0.15) is 16.8 Å². The van der Waals surface area contributed by atoms with Gasteiger partial charge in [0.25, 0.3) is 0 Å². The molecule has 0 aliphatic carbocycles. The Morgan fingerprint density at radius 3 is 2.48 bits per heavy atom. The topological polar surface area (TPSA) is 101 Å². The highest BCUT2D eigenvalue weighted by molar-refractivity contribution is 7.92. The normalized spacial score (nSPS) is 12.3. The Morgan fingerprint density at radius 1 is 1.19 bits per heavy atom. The fraction of sp³-hybridized carbons (Fsp3) is 0.250. The molecule has 1 heterocycles. The Hall–Kier alpha value is -2.69. The van der Waals surface area contributed by atoms with Gasteiger partial charge in [-0.2, -0.15) is 0 Å². The summed E-state index contributed by atoms with van der Waals surface area (Å²) in [6.07, 6.45) is 1.05. The lowest BCUT2D eigenvalue weighted by Gasteiger charge is -2.29. The van der Waals surface area contributed by atoms with Gasteiger partial charge in [0.05, 0.1) is 19.1 Å². The maximum Gasteiger partial charge on any atom is 0.249 e. The number of amides is 1. The van der Waals surface area contributed by atoms with Gasteiger partial charge in [-0.05, 0) is 55.8 Å². The third-order valence-electron chi connectivity index (χ3n) is 4.49. The average molecular weight is 481 g/mol. The van der Waals surface area contributed by atoms with Crippen molar-refractivity contribution < 1.29 is 17.9 Å². The minimum atomic E-state index is -3.77. The molecule has 1 N–H and O–H groups in total. The van der Waals surface area contributed by atoms with Gasteiger partial charge >= 0.3 is 0 Å². The molecule has 3 rings (SSSR count). The molecular formula is C20H21ClN4O4S2. The van der Waals surface area contributed by atoms with Gasteiger partial charge in [-0.25, -0.2) is 8.42 Å². The summed E-state index contributed by atoms with van der Waals surface area (Å²) in [5.74, 6) is 0.176. The van der Waals surface area contributed by atoms with Crippen LogP contribution in [0.4, 0.5) is 10.8 Å². The summed E-state index contributed by atoms with van der Waals surface area (Å²) in [6, 6.07) is 11.1. The number of aryl methyl sites for hydroxylation is 1. The minimum absolute atomic E-state index is 0.263. The van der Waals surface area contributed by atoms with Crippen molar-refractivity contribution >= 4 is 49.7 Å². The molecule has 31 heavy (non-hydrogen) atoms. The SMILES string of the molecule is COc1ccc(-c2nnc(NC(=O)[C@@H](C)N(c3cc(Cl)ccc3C)S(C)(=O)=O)s2)cc1. The van der Waals surface area contributed by atoms with Crippen LogP contribution in [0.3, 0.4) is 0 Å². The second-order valence-corrected chi connectivity index (χ2v) is 10.1. The monoisotopic (exact) mass is 480 g/mol. The van der Waals surface area contributed by atoms with Crippen molar-refractivity contribution in [1.82, 2.24) is 10.2 Å². The zero-order valence-electron chi connectivity index (χ0n) is 17.3. The van der Waals surface area contributed by atoms with Crippen molar-refractivity contribution in [3.63, 3.8) is 0 Å². The molecule has 1 atom stereocenters. The van der Waals surface area contributed by atoms with Crippen LogP contribution in [0.15, 0.2) is 42.5 Å². The number of carbonyl (C=O) groups is 1. The standard InChI is InChI=1S/C20H21ClN4O4S2/c1-12-5-8-15(21)11-17(12)25(31(4,27)28)13(2)18(26)22-20-24-23-19(30-20)14-6-9-16(29-3)10-7-14/h5-11,13H,1-4H3,(H,22,24,26)/t13-/m1/s1. The number of hydrogen-bond donors (Lipinski definition) is 1. The first-order valence-electron chi connectivity index (χ1n) is 9.14. The number of benzene rings is 2. The number of aromatic nitrogens is 2. The third-order valence-corrected chi connectivity index (χ3v) is 6.84. The predicted octanol–water partition coefficient (Wildman–Crippen LogP) is 3.97. The van der Waals surface area contributed by atoms with Gasteiger partial charge in [-0.15, -0.1) is 10.2 Å². The van der Waals surface area contributed by atoms with Crippen LogP contribution in [-0.4, -0.2) is 43.9 Å². The van der Waals surface area contributed by atoms with Crippen molar-refractivity contribution in [3.8, 4) is 16.3 Å². The van der Waals surface area contributed by atoms with Crippen LogP contribution < -0.4 is 14.4 Å². The van der Waals surface area contributed by atoms with Crippen LogP contribution >= 0.6 is 22.9 Å². The van der Waals surface area contributed by atoms with Crippen LogP contribution in [0.1, 0.15) is 12.5 Å². The summed E-state index contributed by atoms with van der Waals surface area (Å²) in [6.45, 7) is 3.25. The Balaban J connectivity index is 1.83. The maximum atomic E-state index is 12.9. The van der Waals surface area contributed by atoms with E-state index in [0.717, 1.165) is 16.1 Å². The first-order chi connectivity index (χ1) is 14.6. The molecule has 0 fully saturated rings. The molecule has 11 heteroatoms. The number of halogens is 1. The molecule has 0 saturated heterocycles. The molecule has 1 amide bonds. The van der Waals surface area contributed by atoms with E-state index in [9.17, 15) is 13.2 Å². The summed E-state index contributed by atoms with van der Waals surface area (Å²) in [5, 5.41) is 12.0. The third kappa shape index (κ3) is 5.33. The number of carbonyl (C=O) groups excluding carboxylic acids is 1. The lowest BCUT2D eigenvalue weighted by molar-refractivity contribution is -0.116. The summed E-state index contributed by atoms with van der Waals surface area (Å²) < 4.78 is 31.2. The molecule has 0 unspecified atom stereocenters. The van der Waals surface area contributed by atoms with Crippen LogP contribution in [0.25, 0.3) is 10.6 Å². The highest BCUT2D eigenvalue weighted by Crippen LogP contribution is 2.30. The second kappa shape index (κ2) is 9.21. The van der Waals surface area contributed by atoms with Crippen molar-refractivity contribution in [2.75, 3.05) is 23.0 Å². The van der Waals surface area contributed by atoms with E-state index in [1.165, 1.54) is 24.3 Å². The Kier molecular flexibility index (Phi) is 6.83. The number of nitrogens with one attached hydrogen (secondary N) is 1. The number of hydrogen-bond acceptors (Lipinski definition) is 7. The fourth-order valence-electron chi connectivity index (χ4n) is 2.93. The van der Waals surface area contributed by atoms with Gasteiger partial charge < -0.3 is 4.74 Å². The molecule has 0 saturated carbocycles. The van der Waals surface area contributed by atoms with Crippen molar-refractivity contribution in [1.29, 1.82) is 0 Å². The van der Waals surface area contributed by atoms with Gasteiger partial charge in [-0.3, -0.25) is 14.4 Å². The maximum absolute atomic E-state index is 12.9. The predicted molar refractivity (Wildman–Crippen MR) is 124 cm³/mol. The smallest absolute Gasteiger partial charge is 0.249 e. The Bertz CT molecular complexity index is 1200. The van der Waals surface area contributed by atoms with Crippen LogP contribution in [0, 0.1) is 6.92 Å². The minimum Gasteiger partial charge on any atom is -0.497 e. The average Bonchev–Trinajstić information content (AvgIpc) is 3.18. The molecule has 0 aliphatic heterocycles. The van der Waals surface area contributed by atoms with Crippen molar-refractivity contribution in [3.05, 3.63) is 53.1 Å². The first-order valence-corrected chi connectivity index (χ1v) is 12.2.